The second kappa shape index (κ2) is 4.97. The quantitative estimate of drug-likeness (QED) is 0.777. The molecule has 2 unspecified atom stereocenters. The molecule has 1 aromatic heterocycles. The number of nitrogens with zero attached hydrogens (tertiary/aromatic N) is 2. The number of nitrogens with two attached hydrogens (primary N) is 1. The van der Waals surface area contributed by atoms with Gasteiger partial charge in [0.1, 0.15) is 5.54 Å². The first kappa shape index (κ1) is 13.5. The monoisotopic (exact) mass is 262 g/mol. The van der Waals surface area contributed by atoms with E-state index in [4.69, 9.17) is 5.73 Å². The van der Waals surface area contributed by atoms with Crippen molar-refractivity contribution in [1.82, 2.24) is 15.2 Å². The van der Waals surface area contributed by atoms with Gasteiger partial charge in [-0.2, -0.15) is 0 Å². The molecule has 0 bridgehead atoms. The molecule has 2 atom stereocenters. The zero-order valence-electron chi connectivity index (χ0n) is 11.1. The molecule has 1 fully saturated rings. The lowest BCUT2D eigenvalue weighted by molar-refractivity contribution is -0.131. The maximum absolute atomic E-state index is 12.4. The molecule has 0 aliphatic carbocycles. The van der Waals surface area contributed by atoms with Crippen molar-refractivity contribution in [1.29, 1.82) is 0 Å². The van der Waals surface area contributed by atoms with Gasteiger partial charge in [0.15, 0.2) is 0 Å². The molecular weight excluding hydrogens is 244 g/mol. The SMILES string of the molecule is CCC(N)CN1C(=O)NC(C)(c2cccnc2)C1=O. The van der Waals surface area contributed by atoms with Gasteiger partial charge in [-0.05, 0) is 19.4 Å². The van der Waals surface area contributed by atoms with Gasteiger partial charge in [0.25, 0.3) is 5.91 Å². The van der Waals surface area contributed by atoms with E-state index in [2.05, 4.69) is 10.3 Å². The van der Waals surface area contributed by atoms with Crippen molar-refractivity contribution in [2.75, 3.05) is 6.54 Å². The van der Waals surface area contributed by atoms with Gasteiger partial charge in [-0.15, -0.1) is 0 Å². The van der Waals surface area contributed by atoms with E-state index in [0.717, 1.165) is 0 Å². The summed E-state index contributed by atoms with van der Waals surface area (Å²) in [5.74, 6) is -0.283. The van der Waals surface area contributed by atoms with Gasteiger partial charge < -0.3 is 11.1 Å². The van der Waals surface area contributed by atoms with E-state index in [1.807, 2.05) is 6.92 Å². The first-order valence-electron chi connectivity index (χ1n) is 6.29. The van der Waals surface area contributed by atoms with Crippen LogP contribution < -0.4 is 11.1 Å². The number of aromatic nitrogens is 1. The molecule has 3 amide bonds. The van der Waals surface area contributed by atoms with Crippen molar-refractivity contribution in [3.05, 3.63) is 30.1 Å². The van der Waals surface area contributed by atoms with Crippen molar-refractivity contribution >= 4 is 11.9 Å². The molecule has 0 saturated carbocycles. The third kappa shape index (κ3) is 2.31. The molecule has 6 heteroatoms. The summed E-state index contributed by atoms with van der Waals surface area (Å²) in [5.41, 5.74) is 5.43. The first-order valence-corrected chi connectivity index (χ1v) is 6.29. The van der Waals surface area contributed by atoms with Crippen LogP contribution in [0, 0.1) is 0 Å². The largest absolute Gasteiger partial charge is 0.326 e. The number of carbonyl (C=O) groups excluding carboxylic acids is 2. The molecular formula is C13H18N4O2. The lowest BCUT2D eigenvalue weighted by Gasteiger charge is -2.22. The fourth-order valence-corrected chi connectivity index (χ4v) is 2.08. The molecule has 102 valence electrons. The predicted octanol–water partition coefficient (Wildman–Crippen LogP) is 0.586. The van der Waals surface area contributed by atoms with Crippen molar-refractivity contribution in [3.63, 3.8) is 0 Å². The van der Waals surface area contributed by atoms with Crippen LogP contribution in [-0.2, 0) is 10.3 Å². The summed E-state index contributed by atoms with van der Waals surface area (Å²) in [6.07, 6.45) is 3.92. The molecule has 6 nitrogen and oxygen atoms in total. The summed E-state index contributed by atoms with van der Waals surface area (Å²) in [6, 6.07) is 2.90. The smallest absolute Gasteiger partial charge is 0.325 e. The van der Waals surface area contributed by atoms with Gasteiger partial charge in [-0.3, -0.25) is 14.7 Å². The molecule has 2 heterocycles. The molecule has 1 aliphatic rings. The minimum absolute atomic E-state index is 0.203. The second-order valence-electron chi connectivity index (χ2n) is 4.88. The Balaban J connectivity index is 2.27. The van der Waals surface area contributed by atoms with Gasteiger partial charge in [-0.1, -0.05) is 13.0 Å². The Labute approximate surface area is 112 Å². The Bertz CT molecular complexity index is 491. The summed E-state index contributed by atoms with van der Waals surface area (Å²) in [4.78, 5) is 29.6. The molecule has 1 aromatic rings. The molecule has 3 N–H and O–H groups in total. The number of hydrogen-bond acceptors (Lipinski definition) is 4. The van der Waals surface area contributed by atoms with E-state index in [-0.39, 0.29) is 18.5 Å². The first-order chi connectivity index (χ1) is 8.99. The molecule has 0 spiro atoms. The molecule has 0 radical (unpaired) electrons. The van der Waals surface area contributed by atoms with Crippen molar-refractivity contribution in [3.8, 4) is 0 Å². The number of imide groups is 1. The van der Waals surface area contributed by atoms with E-state index < -0.39 is 11.6 Å². The highest BCUT2D eigenvalue weighted by Crippen LogP contribution is 2.28. The van der Waals surface area contributed by atoms with Crippen LogP contribution in [0.2, 0.25) is 0 Å². The highest BCUT2D eigenvalue weighted by molar-refractivity contribution is 6.07. The molecule has 1 saturated heterocycles. The Hall–Kier alpha value is -1.95. The summed E-state index contributed by atoms with van der Waals surface area (Å²) in [6.45, 7) is 3.84. The van der Waals surface area contributed by atoms with Gasteiger partial charge in [0, 0.05) is 30.5 Å². The Morgan fingerprint density at radius 1 is 1.53 bits per heavy atom. The molecule has 2 rings (SSSR count). The van der Waals surface area contributed by atoms with Crippen LogP contribution in [0.25, 0.3) is 0 Å². The minimum atomic E-state index is -1.06. The van der Waals surface area contributed by atoms with Crippen LogP contribution >= 0.6 is 0 Å². The van der Waals surface area contributed by atoms with Crippen molar-refractivity contribution < 1.29 is 9.59 Å². The predicted molar refractivity (Wildman–Crippen MR) is 70.1 cm³/mol. The normalized spacial score (nSPS) is 24.5. The third-order valence-electron chi connectivity index (χ3n) is 3.46. The summed E-state index contributed by atoms with van der Waals surface area (Å²) < 4.78 is 0. The number of urea groups is 1. The van der Waals surface area contributed by atoms with Crippen molar-refractivity contribution in [2.45, 2.75) is 31.8 Å². The number of pyridine rings is 1. The fraction of sp³-hybridized carbons (Fsp3) is 0.462. The molecule has 19 heavy (non-hydrogen) atoms. The zero-order valence-corrected chi connectivity index (χ0v) is 11.1. The lowest BCUT2D eigenvalue weighted by Crippen LogP contribution is -2.43. The Morgan fingerprint density at radius 2 is 2.26 bits per heavy atom. The summed E-state index contributed by atoms with van der Waals surface area (Å²) >= 11 is 0. The summed E-state index contributed by atoms with van der Waals surface area (Å²) in [7, 11) is 0. The van der Waals surface area contributed by atoms with Gasteiger partial charge in [-0.25, -0.2) is 4.79 Å². The van der Waals surface area contributed by atoms with Crippen molar-refractivity contribution in [2.24, 2.45) is 5.73 Å². The van der Waals surface area contributed by atoms with Crippen LogP contribution in [0.15, 0.2) is 24.5 Å². The van der Waals surface area contributed by atoms with Crippen LogP contribution in [0.5, 0.6) is 0 Å². The van der Waals surface area contributed by atoms with E-state index in [1.165, 1.54) is 4.90 Å². The Morgan fingerprint density at radius 3 is 2.84 bits per heavy atom. The maximum Gasteiger partial charge on any atom is 0.325 e. The number of nitrogens with one attached hydrogen (secondary N) is 1. The number of carbonyl (C=O) groups is 2. The second-order valence-corrected chi connectivity index (χ2v) is 4.88. The van der Waals surface area contributed by atoms with E-state index in [0.29, 0.717) is 12.0 Å². The fourth-order valence-electron chi connectivity index (χ4n) is 2.08. The highest BCUT2D eigenvalue weighted by atomic mass is 16.2. The van der Waals surface area contributed by atoms with Gasteiger partial charge >= 0.3 is 6.03 Å². The molecule has 0 aromatic carbocycles. The van der Waals surface area contributed by atoms with E-state index >= 15 is 0 Å². The maximum atomic E-state index is 12.4. The third-order valence-corrected chi connectivity index (χ3v) is 3.46. The summed E-state index contributed by atoms with van der Waals surface area (Å²) in [5, 5.41) is 2.72. The van der Waals surface area contributed by atoms with E-state index in [9.17, 15) is 9.59 Å². The van der Waals surface area contributed by atoms with Crippen LogP contribution in [-0.4, -0.2) is 34.4 Å². The van der Waals surface area contributed by atoms with Crippen LogP contribution in [0.1, 0.15) is 25.8 Å². The van der Waals surface area contributed by atoms with Gasteiger partial charge in [0.2, 0.25) is 0 Å². The average molecular weight is 262 g/mol. The highest BCUT2D eigenvalue weighted by Gasteiger charge is 2.49. The average Bonchev–Trinajstić information content (AvgIpc) is 2.64. The van der Waals surface area contributed by atoms with Crippen LogP contribution in [0.4, 0.5) is 4.79 Å². The number of rotatable bonds is 4. The molecule has 1 aliphatic heterocycles. The number of amides is 3. The Kier molecular flexibility index (Phi) is 3.53. The minimum Gasteiger partial charge on any atom is -0.326 e. The zero-order chi connectivity index (χ0) is 14.0. The van der Waals surface area contributed by atoms with E-state index in [1.54, 1.807) is 31.5 Å². The van der Waals surface area contributed by atoms with Gasteiger partial charge in [0.05, 0.1) is 0 Å². The lowest BCUT2D eigenvalue weighted by atomic mass is 9.93. The standard InChI is InChI=1S/C13H18N4O2/c1-3-10(14)8-17-11(18)13(2,16-12(17)19)9-5-4-6-15-7-9/h4-7,10H,3,8,14H2,1-2H3,(H,16,19). The van der Waals surface area contributed by atoms with Crippen LogP contribution in [0.3, 0.4) is 0 Å². The number of hydrogen-bond donors (Lipinski definition) is 2. The topological polar surface area (TPSA) is 88.3 Å².